The normalized spacial score (nSPS) is 41.7. The Kier molecular flexibility index (Phi) is 7.12. The molecule has 0 aromatic carbocycles. The van der Waals surface area contributed by atoms with Crippen LogP contribution in [0.15, 0.2) is 11.1 Å². The molecule has 36 heavy (non-hydrogen) atoms. The van der Waals surface area contributed by atoms with E-state index in [9.17, 15) is 15.0 Å². The smallest absolute Gasteiger partial charge is 0.302 e. The van der Waals surface area contributed by atoms with Gasteiger partial charge in [0.2, 0.25) is 0 Å². The molecule has 2 fully saturated rings. The molecule has 0 unspecified atom stereocenters. The molecule has 0 heterocycles. The summed E-state index contributed by atoms with van der Waals surface area (Å²) in [5, 5.41) is 20.6. The Morgan fingerprint density at radius 2 is 1.67 bits per heavy atom. The number of rotatable bonds is 6. The number of aliphatic hydroxyl groups is 2. The monoisotopic (exact) mass is 502 g/mol. The molecular formula is C32H54O4. The first kappa shape index (κ1) is 28.1. The van der Waals surface area contributed by atoms with Gasteiger partial charge in [-0.15, -0.1) is 0 Å². The van der Waals surface area contributed by atoms with Gasteiger partial charge in [-0.2, -0.15) is 0 Å². The molecule has 0 saturated heterocycles. The molecule has 0 aromatic heterocycles. The predicted octanol–water partition coefficient (Wildman–Crippen LogP) is 7.22. The third-order valence-corrected chi connectivity index (χ3v) is 12.5. The average Bonchev–Trinajstić information content (AvgIpc) is 3.04. The van der Waals surface area contributed by atoms with Crippen LogP contribution in [0.5, 0.6) is 0 Å². The van der Waals surface area contributed by atoms with Gasteiger partial charge < -0.3 is 14.9 Å². The fraction of sp³-hybridized carbons (Fsp3) is 0.906. The van der Waals surface area contributed by atoms with Crippen molar-refractivity contribution in [1.82, 2.24) is 0 Å². The first-order valence-electron chi connectivity index (χ1n) is 14.8. The van der Waals surface area contributed by atoms with Crippen molar-refractivity contribution in [2.75, 3.05) is 0 Å². The largest absolute Gasteiger partial charge is 0.462 e. The summed E-state index contributed by atoms with van der Waals surface area (Å²) in [6.45, 7) is 19.8. The highest BCUT2D eigenvalue weighted by Crippen LogP contribution is 2.72. The molecule has 4 aliphatic rings. The Balaban J connectivity index is 1.59. The lowest BCUT2D eigenvalue weighted by atomic mass is 9.43. The minimum absolute atomic E-state index is 0.00704. The average molecular weight is 503 g/mol. The van der Waals surface area contributed by atoms with Crippen molar-refractivity contribution in [3.05, 3.63) is 11.1 Å². The maximum Gasteiger partial charge on any atom is 0.302 e. The van der Waals surface area contributed by atoms with Gasteiger partial charge in [0.25, 0.3) is 0 Å². The van der Waals surface area contributed by atoms with E-state index in [0.717, 1.165) is 19.3 Å². The summed E-state index contributed by atoms with van der Waals surface area (Å²) in [7, 11) is 0. The van der Waals surface area contributed by atoms with E-state index in [1.54, 1.807) is 31.9 Å². The van der Waals surface area contributed by atoms with E-state index < -0.39 is 11.7 Å². The maximum atomic E-state index is 11.8. The fourth-order valence-electron chi connectivity index (χ4n) is 10.0. The standard InChI is InChI=1S/C32H54O4/c1-20(10-13-26(34)29(5,6)35)22-14-18-32(9)24-11-12-25-28(3,4)27(36-21(2)33)16-17-30(25,7)23(24)15-19-31(22,32)8/h20,22,25-27,34-35H,10-19H2,1-9H3/t20-,22-,25+,26+,27+,30-,31-,32+/m1/s1. The number of aliphatic hydroxyl groups excluding tert-OH is 1. The number of carbonyl (C=O) groups is 1. The number of ether oxygens (including phenoxy) is 1. The number of allylic oxidation sites excluding steroid dienone is 2. The molecular weight excluding hydrogens is 448 g/mol. The second kappa shape index (κ2) is 9.11. The molecule has 206 valence electrons. The second-order valence-electron chi connectivity index (χ2n) is 15.0. The van der Waals surface area contributed by atoms with Crippen LogP contribution in [0.1, 0.15) is 127 Å². The van der Waals surface area contributed by atoms with Crippen LogP contribution < -0.4 is 0 Å². The van der Waals surface area contributed by atoms with Crippen LogP contribution in [0.25, 0.3) is 0 Å². The molecule has 2 N–H and O–H groups in total. The number of fused-ring (bicyclic) bond motifs is 4. The van der Waals surface area contributed by atoms with Gasteiger partial charge in [-0.3, -0.25) is 4.79 Å². The molecule has 4 aliphatic carbocycles. The molecule has 8 atom stereocenters. The number of carbonyl (C=O) groups excluding carboxylic acids is 1. The second-order valence-corrected chi connectivity index (χ2v) is 15.0. The van der Waals surface area contributed by atoms with Crippen LogP contribution in [0.3, 0.4) is 0 Å². The number of hydrogen-bond donors (Lipinski definition) is 2. The molecule has 0 radical (unpaired) electrons. The molecule has 4 nitrogen and oxygen atoms in total. The molecule has 0 aromatic rings. The fourth-order valence-corrected chi connectivity index (χ4v) is 10.0. The van der Waals surface area contributed by atoms with Crippen LogP contribution >= 0.6 is 0 Å². The highest BCUT2D eigenvalue weighted by molar-refractivity contribution is 5.66. The van der Waals surface area contributed by atoms with Gasteiger partial charge in [0.05, 0.1) is 11.7 Å². The summed E-state index contributed by atoms with van der Waals surface area (Å²) in [6.07, 6.45) is 10.5. The maximum absolute atomic E-state index is 11.8. The van der Waals surface area contributed by atoms with Crippen molar-refractivity contribution in [2.24, 2.45) is 39.4 Å². The van der Waals surface area contributed by atoms with Gasteiger partial charge in [0, 0.05) is 12.3 Å². The third-order valence-electron chi connectivity index (χ3n) is 12.5. The van der Waals surface area contributed by atoms with Gasteiger partial charge in [-0.1, -0.05) is 52.7 Å². The predicted molar refractivity (Wildman–Crippen MR) is 145 cm³/mol. The first-order chi connectivity index (χ1) is 16.5. The lowest BCUT2D eigenvalue weighted by Gasteiger charge is -2.62. The molecule has 4 heteroatoms. The quantitative estimate of drug-likeness (QED) is 0.297. The van der Waals surface area contributed by atoms with Crippen molar-refractivity contribution in [2.45, 2.75) is 144 Å². The molecule has 0 bridgehead atoms. The van der Waals surface area contributed by atoms with Gasteiger partial charge in [0.15, 0.2) is 0 Å². The summed E-state index contributed by atoms with van der Waals surface area (Å²) in [5.74, 6) is 1.61. The van der Waals surface area contributed by atoms with Crippen LogP contribution in [0.2, 0.25) is 0 Å². The lowest BCUT2D eigenvalue weighted by Crippen LogP contribution is -2.55. The minimum Gasteiger partial charge on any atom is -0.462 e. The minimum atomic E-state index is -1.03. The third kappa shape index (κ3) is 4.21. The Labute approximate surface area is 220 Å². The van der Waals surface area contributed by atoms with Crippen LogP contribution in [0.4, 0.5) is 0 Å². The van der Waals surface area contributed by atoms with E-state index in [1.807, 2.05) is 0 Å². The van der Waals surface area contributed by atoms with Gasteiger partial charge in [-0.25, -0.2) is 0 Å². The molecule has 0 amide bonds. The van der Waals surface area contributed by atoms with Crippen molar-refractivity contribution in [1.29, 1.82) is 0 Å². The van der Waals surface area contributed by atoms with Gasteiger partial charge >= 0.3 is 5.97 Å². The Bertz CT molecular complexity index is 896. The van der Waals surface area contributed by atoms with E-state index in [0.29, 0.717) is 29.6 Å². The summed E-state index contributed by atoms with van der Waals surface area (Å²) in [5.41, 5.74) is 3.25. The highest BCUT2D eigenvalue weighted by Gasteiger charge is 2.63. The summed E-state index contributed by atoms with van der Waals surface area (Å²) < 4.78 is 5.85. The van der Waals surface area contributed by atoms with Gasteiger partial charge in [0.1, 0.15) is 6.10 Å². The van der Waals surface area contributed by atoms with E-state index in [4.69, 9.17) is 4.74 Å². The highest BCUT2D eigenvalue weighted by atomic mass is 16.5. The van der Waals surface area contributed by atoms with Crippen molar-refractivity contribution < 1.29 is 19.7 Å². The number of hydrogen-bond acceptors (Lipinski definition) is 4. The van der Waals surface area contributed by atoms with E-state index in [2.05, 4.69) is 41.5 Å². The Morgan fingerprint density at radius 1 is 1.00 bits per heavy atom. The zero-order chi connectivity index (χ0) is 26.9. The zero-order valence-electron chi connectivity index (χ0n) is 24.7. The van der Waals surface area contributed by atoms with Crippen molar-refractivity contribution >= 4 is 5.97 Å². The SMILES string of the molecule is CC(=O)O[C@H]1CC[C@]2(C)C3=C(CC[C@H]2C1(C)C)[C@]1(C)CC[C@H]([C@H](C)CC[C@H](O)C(C)(C)O)[C@@]1(C)CC3. The van der Waals surface area contributed by atoms with E-state index in [-0.39, 0.29) is 28.3 Å². The summed E-state index contributed by atoms with van der Waals surface area (Å²) >= 11 is 0. The van der Waals surface area contributed by atoms with Crippen LogP contribution in [-0.2, 0) is 9.53 Å². The molecule has 0 aliphatic heterocycles. The Hall–Kier alpha value is -0.870. The molecule has 4 rings (SSSR count). The van der Waals surface area contributed by atoms with Crippen LogP contribution in [-0.4, -0.2) is 34.0 Å². The Morgan fingerprint density at radius 3 is 2.28 bits per heavy atom. The van der Waals surface area contributed by atoms with E-state index >= 15 is 0 Å². The summed E-state index contributed by atoms with van der Waals surface area (Å²) in [6, 6.07) is 0. The van der Waals surface area contributed by atoms with E-state index in [1.165, 1.54) is 38.5 Å². The zero-order valence-corrected chi connectivity index (χ0v) is 24.7. The topological polar surface area (TPSA) is 66.8 Å². The number of esters is 1. The van der Waals surface area contributed by atoms with Crippen LogP contribution in [0, 0.1) is 39.4 Å². The molecule has 2 saturated carbocycles. The van der Waals surface area contributed by atoms with Crippen molar-refractivity contribution in [3.63, 3.8) is 0 Å². The first-order valence-corrected chi connectivity index (χ1v) is 14.8. The lowest BCUT2D eigenvalue weighted by molar-refractivity contribution is -0.167. The van der Waals surface area contributed by atoms with Gasteiger partial charge in [-0.05, 0) is 112 Å². The molecule has 0 spiro atoms. The summed E-state index contributed by atoms with van der Waals surface area (Å²) in [4.78, 5) is 11.8. The van der Waals surface area contributed by atoms with Crippen molar-refractivity contribution in [3.8, 4) is 0 Å².